The number of carbonyl (C=O) groups is 2. The van der Waals surface area contributed by atoms with E-state index in [-0.39, 0.29) is 29.3 Å². The number of furan rings is 1. The van der Waals surface area contributed by atoms with E-state index in [1.165, 1.54) is 6.26 Å². The third kappa shape index (κ3) is 3.71. The van der Waals surface area contributed by atoms with Crippen molar-refractivity contribution < 1.29 is 14.0 Å². The maximum Gasteiger partial charge on any atom is 0.289 e. The van der Waals surface area contributed by atoms with Crippen LogP contribution in [0.2, 0.25) is 0 Å². The zero-order chi connectivity index (χ0) is 22.1. The molecule has 0 N–H and O–H groups in total. The van der Waals surface area contributed by atoms with E-state index in [1.54, 1.807) is 28.4 Å². The Hall–Kier alpha value is -3.05. The lowest BCUT2D eigenvalue weighted by Gasteiger charge is -2.49. The molecule has 2 amide bonds. The average Bonchev–Trinajstić information content (AvgIpc) is 3.55. The van der Waals surface area contributed by atoms with Crippen molar-refractivity contribution in [1.82, 2.24) is 14.7 Å². The highest BCUT2D eigenvalue weighted by molar-refractivity contribution is 7.07. The van der Waals surface area contributed by atoms with Gasteiger partial charge in [-0.1, -0.05) is 12.8 Å². The number of fused-ring (bicyclic) bond motifs is 1. The van der Waals surface area contributed by atoms with Crippen LogP contribution in [0, 0.1) is 17.2 Å². The second-order valence-electron chi connectivity index (χ2n) is 8.65. The Bertz CT molecular complexity index is 1050. The molecule has 2 aromatic heterocycles. The highest BCUT2D eigenvalue weighted by atomic mass is 32.1. The highest BCUT2D eigenvalue weighted by Gasteiger charge is 2.45. The first-order valence-corrected chi connectivity index (χ1v) is 12.2. The molecule has 2 aliphatic heterocycles. The van der Waals surface area contributed by atoms with Gasteiger partial charge < -0.3 is 19.1 Å². The zero-order valence-corrected chi connectivity index (χ0v) is 18.7. The fourth-order valence-corrected chi connectivity index (χ4v) is 6.02. The molecule has 0 radical (unpaired) electrons. The summed E-state index contributed by atoms with van der Waals surface area (Å²) in [6.45, 7) is 2.90. The first kappa shape index (κ1) is 20.8. The number of nitriles is 1. The molecule has 32 heavy (non-hydrogen) atoms. The summed E-state index contributed by atoms with van der Waals surface area (Å²) in [5, 5.41) is 14.1. The van der Waals surface area contributed by atoms with Crippen molar-refractivity contribution in [2.75, 3.05) is 26.2 Å². The lowest BCUT2D eigenvalue weighted by Crippen LogP contribution is -2.56. The molecule has 2 fully saturated rings. The molecule has 2 aromatic rings. The van der Waals surface area contributed by atoms with Crippen molar-refractivity contribution in [3.63, 3.8) is 0 Å². The van der Waals surface area contributed by atoms with Crippen LogP contribution >= 0.6 is 11.3 Å². The normalized spacial score (nSPS) is 23.8. The van der Waals surface area contributed by atoms with Crippen LogP contribution in [0.25, 0.3) is 0 Å². The van der Waals surface area contributed by atoms with Crippen molar-refractivity contribution >= 4 is 23.2 Å². The minimum Gasteiger partial charge on any atom is -0.459 e. The number of nitrogens with zero attached hydrogens (tertiary/aromatic N) is 4. The van der Waals surface area contributed by atoms with Crippen molar-refractivity contribution in [3.05, 3.63) is 57.8 Å². The summed E-state index contributed by atoms with van der Waals surface area (Å²) in [6, 6.07) is 7.83. The predicted octanol–water partition coefficient (Wildman–Crippen LogP) is 3.48. The third-order valence-corrected chi connectivity index (χ3v) is 7.63. The number of thiophene rings is 1. The summed E-state index contributed by atoms with van der Waals surface area (Å²) in [4.78, 5) is 32.0. The lowest BCUT2D eigenvalue weighted by atomic mass is 9.76. The van der Waals surface area contributed by atoms with Crippen molar-refractivity contribution in [1.29, 1.82) is 5.26 Å². The molecule has 8 heteroatoms. The van der Waals surface area contributed by atoms with Gasteiger partial charge in [-0.3, -0.25) is 9.59 Å². The Kier molecular flexibility index (Phi) is 5.75. The summed E-state index contributed by atoms with van der Waals surface area (Å²) in [5.74, 6) is 0.272. The standard InChI is InChI=1S/C24H26N4O3S/c25-14-19-22(26-8-10-27(11-9-26)24(30)21-6-3-12-31-21)18-4-1-2-5-20(18)28(23(19)29)15-17-7-13-32-16-17/h3,6-7,12-13,16,18,20H,1-2,4-5,8-11,15H2. The van der Waals surface area contributed by atoms with Crippen LogP contribution in [0.5, 0.6) is 0 Å². The average molecular weight is 451 g/mol. The van der Waals surface area contributed by atoms with Gasteiger partial charge >= 0.3 is 0 Å². The summed E-state index contributed by atoms with van der Waals surface area (Å²) in [7, 11) is 0. The lowest BCUT2D eigenvalue weighted by molar-refractivity contribution is -0.133. The highest BCUT2D eigenvalue weighted by Crippen LogP contribution is 2.41. The SMILES string of the molecule is N#CC1=C(N2CCN(C(=O)c3ccco3)CC2)C2CCCCC2N(Cc2ccsc2)C1=O. The Labute approximate surface area is 191 Å². The second-order valence-corrected chi connectivity index (χ2v) is 9.43. The summed E-state index contributed by atoms with van der Waals surface area (Å²) in [6.07, 6.45) is 5.69. The number of amides is 2. The molecule has 1 saturated heterocycles. The van der Waals surface area contributed by atoms with E-state index in [2.05, 4.69) is 22.4 Å². The molecule has 2 atom stereocenters. The van der Waals surface area contributed by atoms with Gasteiger partial charge in [-0.25, -0.2) is 0 Å². The van der Waals surface area contributed by atoms with E-state index >= 15 is 0 Å². The Morgan fingerprint density at radius 2 is 2.00 bits per heavy atom. The van der Waals surface area contributed by atoms with Crippen molar-refractivity contribution in [2.45, 2.75) is 38.3 Å². The maximum atomic E-state index is 13.5. The van der Waals surface area contributed by atoms with Gasteiger partial charge in [0, 0.05) is 50.4 Å². The minimum atomic E-state index is -0.147. The number of hydrogen-bond donors (Lipinski definition) is 0. The summed E-state index contributed by atoms with van der Waals surface area (Å²) >= 11 is 1.63. The van der Waals surface area contributed by atoms with Gasteiger partial charge in [0.1, 0.15) is 11.6 Å². The van der Waals surface area contributed by atoms with E-state index in [9.17, 15) is 14.9 Å². The third-order valence-electron chi connectivity index (χ3n) is 6.90. The topological polar surface area (TPSA) is 80.8 Å². The van der Waals surface area contributed by atoms with E-state index in [0.29, 0.717) is 38.5 Å². The first-order valence-electron chi connectivity index (χ1n) is 11.2. The monoisotopic (exact) mass is 450 g/mol. The van der Waals surface area contributed by atoms with Gasteiger partial charge in [-0.2, -0.15) is 16.6 Å². The van der Waals surface area contributed by atoms with Crippen LogP contribution < -0.4 is 0 Å². The summed E-state index contributed by atoms with van der Waals surface area (Å²) < 4.78 is 5.26. The van der Waals surface area contributed by atoms with E-state index in [1.807, 2.05) is 10.3 Å². The number of carbonyl (C=O) groups excluding carboxylic acids is 2. The van der Waals surface area contributed by atoms with Crippen LogP contribution in [0.4, 0.5) is 0 Å². The Morgan fingerprint density at radius 1 is 1.19 bits per heavy atom. The molecule has 2 unspecified atom stereocenters. The number of rotatable bonds is 4. The van der Waals surface area contributed by atoms with Crippen LogP contribution in [-0.4, -0.2) is 58.7 Å². The summed E-state index contributed by atoms with van der Waals surface area (Å²) in [5.41, 5.74) is 2.32. The molecule has 3 aliphatic rings. The predicted molar refractivity (Wildman–Crippen MR) is 119 cm³/mol. The molecule has 1 saturated carbocycles. The first-order chi connectivity index (χ1) is 15.7. The molecule has 166 valence electrons. The zero-order valence-electron chi connectivity index (χ0n) is 17.9. The Morgan fingerprint density at radius 3 is 2.69 bits per heavy atom. The van der Waals surface area contributed by atoms with Gasteiger partial charge in [-0.05, 0) is 47.4 Å². The van der Waals surface area contributed by atoms with Gasteiger partial charge in [-0.15, -0.1) is 0 Å². The molecule has 4 heterocycles. The van der Waals surface area contributed by atoms with E-state index in [0.717, 1.165) is 36.9 Å². The van der Waals surface area contributed by atoms with Crippen LogP contribution in [0.15, 0.2) is 50.9 Å². The molecular formula is C24H26N4O3S. The molecule has 7 nitrogen and oxygen atoms in total. The fourth-order valence-electron chi connectivity index (χ4n) is 5.37. The van der Waals surface area contributed by atoms with Gasteiger partial charge in [0.2, 0.25) is 0 Å². The number of hydrogen-bond acceptors (Lipinski definition) is 6. The van der Waals surface area contributed by atoms with E-state index < -0.39 is 0 Å². The van der Waals surface area contributed by atoms with Crippen molar-refractivity contribution in [2.24, 2.45) is 5.92 Å². The number of piperazine rings is 1. The smallest absolute Gasteiger partial charge is 0.289 e. The second kappa shape index (κ2) is 8.83. The molecule has 0 bridgehead atoms. The molecule has 5 rings (SSSR count). The fraction of sp³-hybridized carbons (Fsp3) is 0.458. The molecule has 0 aromatic carbocycles. The van der Waals surface area contributed by atoms with Gasteiger partial charge in [0.15, 0.2) is 5.76 Å². The molecule has 1 aliphatic carbocycles. The van der Waals surface area contributed by atoms with Crippen molar-refractivity contribution in [3.8, 4) is 6.07 Å². The van der Waals surface area contributed by atoms with Crippen LogP contribution in [0.3, 0.4) is 0 Å². The van der Waals surface area contributed by atoms with Gasteiger partial charge in [0.25, 0.3) is 11.8 Å². The van der Waals surface area contributed by atoms with Crippen LogP contribution in [-0.2, 0) is 11.3 Å². The molecular weight excluding hydrogens is 424 g/mol. The van der Waals surface area contributed by atoms with Crippen LogP contribution in [0.1, 0.15) is 41.8 Å². The van der Waals surface area contributed by atoms with Gasteiger partial charge in [0.05, 0.1) is 6.26 Å². The quantitative estimate of drug-likeness (QED) is 0.712. The minimum absolute atomic E-state index is 0.110. The molecule has 0 spiro atoms. The van der Waals surface area contributed by atoms with E-state index in [4.69, 9.17) is 4.42 Å². The largest absolute Gasteiger partial charge is 0.459 e. The maximum absolute atomic E-state index is 13.5. The Balaban J connectivity index is 1.39.